The van der Waals surface area contributed by atoms with Crippen LogP contribution in [-0.4, -0.2) is 36.5 Å². The Bertz CT molecular complexity index is 444. The fraction of sp³-hybridized carbons (Fsp3) is 0.615. The number of rotatable bonds is 4. The van der Waals surface area contributed by atoms with E-state index in [1.54, 1.807) is 6.07 Å². The van der Waals surface area contributed by atoms with Crippen LogP contribution >= 0.6 is 34.5 Å². The number of piperidine rings is 1. The molecule has 1 amide bonds. The van der Waals surface area contributed by atoms with Crippen molar-refractivity contribution in [1.29, 1.82) is 0 Å². The van der Waals surface area contributed by atoms with Gasteiger partial charge in [0, 0.05) is 12.6 Å². The van der Waals surface area contributed by atoms with Crippen LogP contribution < -0.4 is 5.32 Å². The Morgan fingerprint density at radius 3 is 2.68 bits per heavy atom. The molecule has 19 heavy (non-hydrogen) atoms. The second-order valence-corrected chi connectivity index (χ2v) is 7.00. The number of thiophene rings is 1. The molecule has 1 aromatic heterocycles. The van der Waals surface area contributed by atoms with Gasteiger partial charge < -0.3 is 10.2 Å². The second-order valence-electron chi connectivity index (χ2n) is 4.72. The van der Waals surface area contributed by atoms with Crippen molar-refractivity contribution in [1.82, 2.24) is 10.2 Å². The minimum atomic E-state index is 0.0156. The zero-order valence-electron chi connectivity index (χ0n) is 10.9. The topological polar surface area (TPSA) is 32.3 Å². The molecule has 6 heteroatoms. The molecular weight excluding hydrogens is 303 g/mol. The van der Waals surface area contributed by atoms with Gasteiger partial charge in [-0.15, -0.1) is 11.3 Å². The fourth-order valence-electron chi connectivity index (χ4n) is 2.45. The minimum absolute atomic E-state index is 0.0156. The predicted molar refractivity (Wildman–Crippen MR) is 81.6 cm³/mol. The van der Waals surface area contributed by atoms with E-state index in [2.05, 4.69) is 12.2 Å². The van der Waals surface area contributed by atoms with Gasteiger partial charge in [-0.2, -0.15) is 0 Å². The normalized spacial score (nSPS) is 16.6. The summed E-state index contributed by atoms with van der Waals surface area (Å²) >= 11 is 13.3. The summed E-state index contributed by atoms with van der Waals surface area (Å²) in [6, 6.07) is 1.99. The highest BCUT2D eigenvalue weighted by molar-refractivity contribution is 7.20. The summed E-state index contributed by atoms with van der Waals surface area (Å²) in [5.74, 6) is 0.0156. The van der Waals surface area contributed by atoms with Crippen molar-refractivity contribution in [3.05, 3.63) is 20.3 Å². The molecule has 1 saturated heterocycles. The van der Waals surface area contributed by atoms with E-state index in [1.807, 2.05) is 4.90 Å². The zero-order chi connectivity index (χ0) is 13.8. The highest BCUT2D eigenvalue weighted by Crippen LogP contribution is 2.32. The van der Waals surface area contributed by atoms with E-state index >= 15 is 0 Å². The summed E-state index contributed by atoms with van der Waals surface area (Å²) in [6.45, 7) is 4.80. The van der Waals surface area contributed by atoms with Crippen molar-refractivity contribution in [3.63, 3.8) is 0 Å². The van der Waals surface area contributed by atoms with Gasteiger partial charge in [0.25, 0.3) is 5.91 Å². The lowest BCUT2D eigenvalue weighted by Crippen LogP contribution is -2.46. The van der Waals surface area contributed by atoms with E-state index in [0.717, 1.165) is 38.9 Å². The molecule has 0 unspecified atom stereocenters. The molecule has 2 heterocycles. The Kier molecular flexibility index (Phi) is 5.51. The van der Waals surface area contributed by atoms with Crippen molar-refractivity contribution in [2.24, 2.45) is 0 Å². The average Bonchev–Trinajstić information content (AvgIpc) is 2.75. The average molecular weight is 321 g/mol. The van der Waals surface area contributed by atoms with Crippen LogP contribution in [0.1, 0.15) is 36.5 Å². The van der Waals surface area contributed by atoms with Crippen molar-refractivity contribution >= 4 is 40.4 Å². The Morgan fingerprint density at radius 2 is 2.16 bits per heavy atom. The highest BCUT2D eigenvalue weighted by Gasteiger charge is 2.27. The number of hydrogen-bond acceptors (Lipinski definition) is 3. The number of halogens is 2. The summed E-state index contributed by atoms with van der Waals surface area (Å²) < 4.78 is 1.06. The number of hydrogen-bond donors (Lipinski definition) is 1. The monoisotopic (exact) mass is 320 g/mol. The number of nitrogens with zero attached hydrogens (tertiary/aromatic N) is 1. The first-order chi connectivity index (χ1) is 9.13. The van der Waals surface area contributed by atoms with E-state index in [4.69, 9.17) is 23.2 Å². The van der Waals surface area contributed by atoms with E-state index < -0.39 is 0 Å². The summed E-state index contributed by atoms with van der Waals surface area (Å²) in [6.07, 6.45) is 2.95. The summed E-state index contributed by atoms with van der Waals surface area (Å²) in [7, 11) is 0. The van der Waals surface area contributed by atoms with Crippen molar-refractivity contribution in [2.45, 2.75) is 32.2 Å². The van der Waals surface area contributed by atoms with Crippen LogP contribution in [0.2, 0.25) is 8.67 Å². The van der Waals surface area contributed by atoms with Crippen LogP contribution in [0.4, 0.5) is 0 Å². The zero-order valence-corrected chi connectivity index (χ0v) is 13.2. The van der Waals surface area contributed by atoms with Crippen LogP contribution in [0.15, 0.2) is 6.07 Å². The molecule has 106 valence electrons. The van der Waals surface area contributed by atoms with Crippen LogP contribution in [0.5, 0.6) is 0 Å². The first-order valence-electron chi connectivity index (χ1n) is 6.60. The number of carbonyl (C=O) groups excluding carboxylic acids is 1. The molecule has 1 aliphatic heterocycles. The number of amides is 1. The molecule has 1 N–H and O–H groups in total. The quantitative estimate of drug-likeness (QED) is 0.918. The van der Waals surface area contributed by atoms with E-state index in [9.17, 15) is 4.79 Å². The van der Waals surface area contributed by atoms with Gasteiger partial charge in [0.2, 0.25) is 0 Å². The predicted octanol–water partition coefficient (Wildman–Crippen LogP) is 3.66. The van der Waals surface area contributed by atoms with Gasteiger partial charge >= 0.3 is 0 Å². The van der Waals surface area contributed by atoms with Crippen LogP contribution in [0.25, 0.3) is 0 Å². The number of nitrogens with one attached hydrogen (secondary N) is 1. The Balaban J connectivity index is 2.17. The molecule has 3 nitrogen and oxygen atoms in total. The minimum Gasteiger partial charge on any atom is -0.336 e. The van der Waals surface area contributed by atoms with E-state index in [0.29, 0.717) is 20.3 Å². The van der Waals surface area contributed by atoms with E-state index in [-0.39, 0.29) is 5.91 Å². The van der Waals surface area contributed by atoms with Gasteiger partial charge in [0.15, 0.2) is 0 Å². The third-order valence-electron chi connectivity index (χ3n) is 3.36. The molecule has 0 radical (unpaired) electrons. The molecular formula is C13H18Cl2N2OS. The van der Waals surface area contributed by atoms with Crippen LogP contribution in [0.3, 0.4) is 0 Å². The van der Waals surface area contributed by atoms with Crippen molar-refractivity contribution < 1.29 is 4.79 Å². The highest BCUT2D eigenvalue weighted by atomic mass is 35.5. The fourth-order valence-corrected chi connectivity index (χ4v) is 3.90. The maximum Gasteiger partial charge on any atom is 0.256 e. The summed E-state index contributed by atoms with van der Waals surface area (Å²) in [5.41, 5.74) is 0.545. The molecule has 0 aliphatic carbocycles. The Hall–Kier alpha value is -0.290. The van der Waals surface area contributed by atoms with Gasteiger partial charge in [-0.25, -0.2) is 0 Å². The maximum atomic E-state index is 12.6. The van der Waals surface area contributed by atoms with Gasteiger partial charge in [-0.05, 0) is 38.4 Å². The van der Waals surface area contributed by atoms with Crippen molar-refractivity contribution in [2.75, 3.05) is 19.6 Å². The van der Waals surface area contributed by atoms with Crippen LogP contribution in [0, 0.1) is 0 Å². The van der Waals surface area contributed by atoms with Gasteiger partial charge in [-0.1, -0.05) is 30.1 Å². The van der Waals surface area contributed by atoms with Gasteiger partial charge in [-0.3, -0.25) is 4.79 Å². The lowest BCUT2D eigenvalue weighted by Gasteiger charge is -2.34. The standard InChI is InChI=1S/C13H18Cl2N2OS/c1-2-7-17(9-3-5-16-6-4-9)13(18)10-8-11(14)19-12(10)15/h8-9,16H,2-7H2,1H3. The molecule has 0 bridgehead atoms. The molecule has 1 fully saturated rings. The molecule has 0 aromatic carbocycles. The Morgan fingerprint density at radius 1 is 1.47 bits per heavy atom. The largest absolute Gasteiger partial charge is 0.336 e. The lowest BCUT2D eigenvalue weighted by molar-refractivity contribution is 0.0643. The molecule has 1 aromatic rings. The third kappa shape index (κ3) is 3.63. The first-order valence-corrected chi connectivity index (χ1v) is 8.17. The molecule has 0 saturated carbocycles. The maximum absolute atomic E-state index is 12.6. The second kappa shape index (κ2) is 6.93. The van der Waals surface area contributed by atoms with Crippen molar-refractivity contribution in [3.8, 4) is 0 Å². The molecule has 1 aliphatic rings. The summed E-state index contributed by atoms with van der Waals surface area (Å²) in [4.78, 5) is 14.6. The van der Waals surface area contributed by atoms with E-state index in [1.165, 1.54) is 11.3 Å². The molecule has 2 rings (SSSR count). The smallest absolute Gasteiger partial charge is 0.256 e. The third-order valence-corrected chi connectivity index (χ3v) is 4.85. The Labute approximate surface area is 127 Å². The number of carbonyl (C=O) groups is 1. The van der Waals surface area contributed by atoms with Gasteiger partial charge in [0.05, 0.1) is 9.90 Å². The van der Waals surface area contributed by atoms with Gasteiger partial charge in [0.1, 0.15) is 4.34 Å². The molecule has 0 spiro atoms. The lowest BCUT2D eigenvalue weighted by atomic mass is 10.0. The summed E-state index contributed by atoms with van der Waals surface area (Å²) in [5, 5.41) is 3.32. The molecule has 0 atom stereocenters. The van der Waals surface area contributed by atoms with Crippen LogP contribution in [-0.2, 0) is 0 Å². The first kappa shape index (κ1) is 15.1. The SMILES string of the molecule is CCCN(C(=O)c1cc(Cl)sc1Cl)C1CCNCC1.